The van der Waals surface area contributed by atoms with Crippen molar-refractivity contribution in [3.8, 4) is 17.1 Å². The quantitative estimate of drug-likeness (QED) is 0.529. The van der Waals surface area contributed by atoms with Gasteiger partial charge in [-0.3, -0.25) is 4.79 Å². The number of nitrogens with zero attached hydrogens (tertiary/aromatic N) is 4. The summed E-state index contributed by atoms with van der Waals surface area (Å²) in [5.41, 5.74) is 2.58. The summed E-state index contributed by atoms with van der Waals surface area (Å²) in [6.07, 6.45) is 0. The molecule has 1 aromatic heterocycles. The third-order valence-corrected chi connectivity index (χ3v) is 4.44. The zero-order chi connectivity index (χ0) is 20.9. The van der Waals surface area contributed by atoms with Gasteiger partial charge in [0.15, 0.2) is 5.82 Å². The number of para-hydroxylation sites is 1. The molecular weight excluding hydrogens is 385 g/mol. The molecule has 1 heterocycles. The Morgan fingerprint density at radius 1 is 1.07 bits per heavy atom. The fraction of sp³-hybridized carbons (Fsp3) is 0.0909. The van der Waals surface area contributed by atoms with Crippen LogP contribution in [0, 0.1) is 5.82 Å². The molecule has 0 radical (unpaired) electrons. The molecule has 0 bridgehead atoms. The minimum Gasteiger partial charge on any atom is -0.488 e. The number of benzene rings is 3. The lowest BCUT2D eigenvalue weighted by Gasteiger charge is -2.12. The number of tetrazole rings is 1. The maximum Gasteiger partial charge on any atom is 0.259 e. The molecule has 0 unspecified atom stereocenters. The van der Waals surface area contributed by atoms with Crippen molar-refractivity contribution >= 4 is 11.6 Å². The minimum atomic E-state index is -0.308. The van der Waals surface area contributed by atoms with Crippen LogP contribution in [0.2, 0.25) is 0 Å². The van der Waals surface area contributed by atoms with E-state index in [0.717, 1.165) is 11.1 Å². The van der Waals surface area contributed by atoms with Gasteiger partial charge in [0.25, 0.3) is 5.91 Å². The number of hydrogen-bond donors (Lipinski definition) is 1. The second kappa shape index (κ2) is 8.52. The van der Waals surface area contributed by atoms with E-state index in [1.54, 1.807) is 60.3 Å². The summed E-state index contributed by atoms with van der Waals surface area (Å²) < 4.78 is 20.4. The summed E-state index contributed by atoms with van der Waals surface area (Å²) >= 11 is 0. The standard InChI is InChI=1S/C22H18FN5O2/c1-28-21(25-26-27-28)16-5-4-6-18(13-16)24-22(29)19-7-2-3-8-20(19)30-14-15-9-11-17(23)12-10-15/h2-13H,14H2,1H3,(H,24,29). The number of amides is 1. The third kappa shape index (κ3) is 4.33. The summed E-state index contributed by atoms with van der Waals surface area (Å²) in [7, 11) is 1.75. The summed E-state index contributed by atoms with van der Waals surface area (Å²) in [6, 6.07) is 20.3. The molecule has 0 atom stereocenters. The van der Waals surface area contributed by atoms with Crippen LogP contribution in [0.15, 0.2) is 72.8 Å². The largest absolute Gasteiger partial charge is 0.488 e. The number of nitrogens with one attached hydrogen (secondary N) is 1. The zero-order valence-corrected chi connectivity index (χ0v) is 16.1. The Morgan fingerprint density at radius 2 is 1.87 bits per heavy atom. The first-order chi connectivity index (χ1) is 14.6. The van der Waals surface area contributed by atoms with E-state index in [-0.39, 0.29) is 18.3 Å². The van der Waals surface area contributed by atoms with Gasteiger partial charge in [-0.15, -0.1) is 5.10 Å². The lowest BCUT2D eigenvalue weighted by molar-refractivity contribution is 0.102. The van der Waals surface area contributed by atoms with Gasteiger partial charge in [-0.1, -0.05) is 36.4 Å². The predicted octanol–water partition coefficient (Wildman–Crippen LogP) is 3.85. The maximum absolute atomic E-state index is 13.1. The molecule has 30 heavy (non-hydrogen) atoms. The topological polar surface area (TPSA) is 81.9 Å². The molecule has 0 spiro atoms. The molecule has 0 aliphatic carbocycles. The van der Waals surface area contributed by atoms with Gasteiger partial charge in [-0.2, -0.15) is 0 Å². The van der Waals surface area contributed by atoms with E-state index in [1.807, 2.05) is 12.1 Å². The van der Waals surface area contributed by atoms with E-state index in [2.05, 4.69) is 20.8 Å². The van der Waals surface area contributed by atoms with Crippen LogP contribution in [0.5, 0.6) is 5.75 Å². The van der Waals surface area contributed by atoms with Gasteiger partial charge < -0.3 is 10.1 Å². The number of hydrogen-bond acceptors (Lipinski definition) is 5. The Bertz CT molecular complexity index is 1170. The summed E-state index contributed by atoms with van der Waals surface area (Å²) in [6.45, 7) is 0.221. The Morgan fingerprint density at radius 3 is 2.63 bits per heavy atom. The highest BCUT2D eigenvalue weighted by Gasteiger charge is 2.14. The molecule has 3 aromatic carbocycles. The van der Waals surface area contributed by atoms with Crippen LogP contribution in [0.1, 0.15) is 15.9 Å². The van der Waals surface area contributed by atoms with Crippen molar-refractivity contribution in [2.24, 2.45) is 7.05 Å². The predicted molar refractivity (Wildman–Crippen MR) is 109 cm³/mol. The number of halogens is 1. The van der Waals surface area contributed by atoms with Crippen LogP contribution in [0.3, 0.4) is 0 Å². The van der Waals surface area contributed by atoms with Crippen LogP contribution in [-0.2, 0) is 13.7 Å². The fourth-order valence-electron chi connectivity index (χ4n) is 2.93. The Kier molecular flexibility index (Phi) is 5.47. The van der Waals surface area contributed by atoms with Crippen LogP contribution < -0.4 is 10.1 Å². The van der Waals surface area contributed by atoms with Crippen molar-refractivity contribution in [2.75, 3.05) is 5.32 Å². The first kappa shape index (κ1) is 19.3. The highest BCUT2D eigenvalue weighted by molar-refractivity contribution is 6.06. The lowest BCUT2D eigenvalue weighted by Crippen LogP contribution is -2.13. The van der Waals surface area contributed by atoms with Crippen LogP contribution in [0.25, 0.3) is 11.4 Å². The minimum absolute atomic E-state index is 0.221. The molecule has 0 fully saturated rings. The van der Waals surface area contributed by atoms with E-state index in [9.17, 15) is 9.18 Å². The first-order valence-corrected chi connectivity index (χ1v) is 9.20. The van der Waals surface area contributed by atoms with Gasteiger partial charge in [0.05, 0.1) is 5.56 Å². The van der Waals surface area contributed by atoms with Crippen molar-refractivity contribution in [3.05, 3.63) is 89.7 Å². The number of rotatable bonds is 6. The Labute approximate surface area is 172 Å². The van der Waals surface area contributed by atoms with Crippen molar-refractivity contribution in [1.29, 1.82) is 0 Å². The fourth-order valence-corrected chi connectivity index (χ4v) is 2.93. The molecule has 150 valence electrons. The molecule has 0 aliphatic heterocycles. The summed E-state index contributed by atoms with van der Waals surface area (Å²) in [4.78, 5) is 12.9. The van der Waals surface area contributed by atoms with Gasteiger partial charge in [0, 0.05) is 18.3 Å². The van der Waals surface area contributed by atoms with Gasteiger partial charge in [0.2, 0.25) is 0 Å². The highest BCUT2D eigenvalue weighted by Crippen LogP contribution is 2.23. The monoisotopic (exact) mass is 403 g/mol. The number of carbonyl (C=O) groups excluding carboxylic acids is 1. The molecule has 0 saturated carbocycles. The summed E-state index contributed by atoms with van der Waals surface area (Å²) in [5.74, 6) is 0.415. The van der Waals surface area contributed by atoms with Crippen LogP contribution in [-0.4, -0.2) is 26.1 Å². The van der Waals surface area contributed by atoms with E-state index >= 15 is 0 Å². The van der Waals surface area contributed by atoms with E-state index < -0.39 is 0 Å². The maximum atomic E-state index is 13.1. The zero-order valence-electron chi connectivity index (χ0n) is 16.1. The molecule has 4 aromatic rings. The van der Waals surface area contributed by atoms with E-state index in [0.29, 0.717) is 22.8 Å². The summed E-state index contributed by atoms with van der Waals surface area (Å²) in [5, 5.41) is 14.3. The van der Waals surface area contributed by atoms with Gasteiger partial charge >= 0.3 is 0 Å². The van der Waals surface area contributed by atoms with Gasteiger partial charge in [0.1, 0.15) is 18.2 Å². The molecule has 4 rings (SSSR count). The van der Waals surface area contributed by atoms with Gasteiger partial charge in [-0.05, 0) is 52.4 Å². The van der Waals surface area contributed by atoms with Crippen molar-refractivity contribution < 1.29 is 13.9 Å². The normalized spacial score (nSPS) is 10.6. The molecular formula is C22H18FN5O2. The number of carbonyl (C=O) groups is 1. The lowest BCUT2D eigenvalue weighted by atomic mass is 10.1. The Hall–Kier alpha value is -4.07. The molecule has 0 aliphatic rings. The molecule has 8 heteroatoms. The molecule has 7 nitrogen and oxygen atoms in total. The molecule has 0 saturated heterocycles. The van der Waals surface area contributed by atoms with Gasteiger partial charge in [-0.25, -0.2) is 9.07 Å². The smallest absolute Gasteiger partial charge is 0.259 e. The average molecular weight is 403 g/mol. The number of aromatic nitrogens is 4. The second-order valence-electron chi connectivity index (χ2n) is 6.57. The van der Waals surface area contributed by atoms with Crippen molar-refractivity contribution in [3.63, 3.8) is 0 Å². The second-order valence-corrected chi connectivity index (χ2v) is 6.57. The van der Waals surface area contributed by atoms with E-state index in [1.165, 1.54) is 12.1 Å². The third-order valence-electron chi connectivity index (χ3n) is 4.44. The van der Waals surface area contributed by atoms with E-state index in [4.69, 9.17) is 4.74 Å². The SMILES string of the molecule is Cn1nnnc1-c1cccc(NC(=O)c2ccccc2OCc2ccc(F)cc2)c1. The first-order valence-electron chi connectivity index (χ1n) is 9.20. The Balaban J connectivity index is 1.50. The number of anilines is 1. The van der Waals surface area contributed by atoms with Crippen LogP contribution in [0.4, 0.5) is 10.1 Å². The van der Waals surface area contributed by atoms with Crippen LogP contribution >= 0.6 is 0 Å². The number of ether oxygens (including phenoxy) is 1. The van der Waals surface area contributed by atoms with Crippen molar-refractivity contribution in [2.45, 2.75) is 6.61 Å². The molecule has 1 amide bonds. The average Bonchev–Trinajstić information content (AvgIpc) is 3.19. The van der Waals surface area contributed by atoms with Crippen molar-refractivity contribution in [1.82, 2.24) is 20.2 Å². The molecule has 1 N–H and O–H groups in total. The highest BCUT2D eigenvalue weighted by atomic mass is 19.1. The number of aryl methyl sites for hydroxylation is 1.